The molecule has 0 radical (unpaired) electrons. The van der Waals surface area contributed by atoms with Gasteiger partial charge in [0.2, 0.25) is 0 Å². The normalized spacial score (nSPS) is 27.8. The summed E-state index contributed by atoms with van der Waals surface area (Å²) in [6.07, 6.45) is 2.33. The van der Waals surface area contributed by atoms with Gasteiger partial charge in [-0.05, 0) is 25.8 Å². The highest BCUT2D eigenvalue weighted by Gasteiger charge is 2.33. The summed E-state index contributed by atoms with van der Waals surface area (Å²) in [4.78, 5) is 5.28. The lowest BCUT2D eigenvalue weighted by Gasteiger charge is -2.32. The Morgan fingerprint density at radius 3 is 2.87 bits per heavy atom. The minimum Gasteiger partial charge on any atom is -0.487 e. The van der Waals surface area contributed by atoms with Gasteiger partial charge in [0.25, 0.3) is 0 Å². The van der Waals surface area contributed by atoms with Gasteiger partial charge in [-0.1, -0.05) is 18.2 Å². The molecule has 0 spiro atoms. The number of rotatable bonds is 3. The summed E-state index contributed by atoms with van der Waals surface area (Å²) in [7, 11) is 0. The van der Waals surface area contributed by atoms with E-state index in [9.17, 15) is 0 Å². The van der Waals surface area contributed by atoms with Crippen molar-refractivity contribution < 1.29 is 4.74 Å². The van der Waals surface area contributed by atoms with E-state index in [2.05, 4.69) is 47.2 Å². The monoisotopic (exact) mass is 315 g/mol. The number of nitrogens with one attached hydrogen (secondary N) is 1. The summed E-state index contributed by atoms with van der Waals surface area (Å²) >= 11 is 0. The van der Waals surface area contributed by atoms with Gasteiger partial charge in [0.05, 0.1) is 0 Å². The van der Waals surface area contributed by atoms with Crippen LogP contribution in [0.1, 0.15) is 31.4 Å². The second-order valence-electron chi connectivity index (χ2n) is 7.91. The largest absolute Gasteiger partial charge is 0.487 e. The number of benzene rings is 1. The predicted molar refractivity (Wildman–Crippen MR) is 93.0 cm³/mol. The molecular formula is C19H29N3O. The van der Waals surface area contributed by atoms with Crippen molar-refractivity contribution in [3.05, 3.63) is 29.3 Å². The number of para-hydroxylation sites is 1. The van der Waals surface area contributed by atoms with Gasteiger partial charge in [0.15, 0.2) is 0 Å². The van der Waals surface area contributed by atoms with Crippen molar-refractivity contribution in [3.63, 3.8) is 0 Å². The second-order valence-corrected chi connectivity index (χ2v) is 7.91. The van der Waals surface area contributed by atoms with E-state index in [-0.39, 0.29) is 5.60 Å². The zero-order valence-corrected chi connectivity index (χ0v) is 14.5. The minimum atomic E-state index is -0.0488. The Bertz CT molecular complexity index is 566. The fourth-order valence-corrected chi connectivity index (χ4v) is 4.35. The first-order valence-corrected chi connectivity index (χ1v) is 9.08. The third-order valence-electron chi connectivity index (χ3n) is 5.48. The van der Waals surface area contributed by atoms with Crippen LogP contribution in [-0.4, -0.2) is 60.7 Å². The summed E-state index contributed by atoms with van der Waals surface area (Å²) in [5.74, 6) is 1.16. The van der Waals surface area contributed by atoms with Crippen molar-refractivity contribution in [1.29, 1.82) is 0 Å². The van der Waals surface area contributed by atoms with E-state index in [0.29, 0.717) is 0 Å². The Morgan fingerprint density at radius 2 is 2.04 bits per heavy atom. The van der Waals surface area contributed by atoms with Crippen molar-refractivity contribution in [2.45, 2.75) is 44.9 Å². The third kappa shape index (κ3) is 3.25. The molecule has 2 fully saturated rings. The predicted octanol–water partition coefficient (Wildman–Crippen LogP) is 1.88. The lowest BCUT2D eigenvalue weighted by atomic mass is 10.0. The van der Waals surface area contributed by atoms with Crippen LogP contribution in [-0.2, 0) is 13.0 Å². The van der Waals surface area contributed by atoms with Gasteiger partial charge < -0.3 is 10.1 Å². The van der Waals surface area contributed by atoms with Gasteiger partial charge in [-0.15, -0.1) is 0 Å². The maximum atomic E-state index is 6.23. The highest BCUT2D eigenvalue weighted by atomic mass is 16.5. The van der Waals surface area contributed by atoms with Gasteiger partial charge in [-0.2, -0.15) is 0 Å². The number of nitrogens with zero attached hydrogens (tertiary/aromatic N) is 2. The summed E-state index contributed by atoms with van der Waals surface area (Å²) in [6, 6.07) is 7.41. The van der Waals surface area contributed by atoms with Crippen molar-refractivity contribution in [3.8, 4) is 5.75 Å². The van der Waals surface area contributed by atoms with Crippen LogP contribution in [0.25, 0.3) is 0 Å². The molecule has 0 amide bonds. The van der Waals surface area contributed by atoms with Crippen LogP contribution in [0.15, 0.2) is 18.2 Å². The summed E-state index contributed by atoms with van der Waals surface area (Å²) in [5, 5.41) is 3.45. The quantitative estimate of drug-likeness (QED) is 0.922. The molecule has 4 nitrogen and oxygen atoms in total. The Hall–Kier alpha value is -1.10. The molecule has 1 aromatic rings. The van der Waals surface area contributed by atoms with E-state index < -0.39 is 0 Å². The highest BCUT2D eigenvalue weighted by molar-refractivity contribution is 5.45. The number of fused-ring (bicyclic) bond motifs is 1. The third-order valence-corrected chi connectivity index (χ3v) is 5.48. The van der Waals surface area contributed by atoms with Crippen LogP contribution in [0.3, 0.4) is 0 Å². The van der Waals surface area contributed by atoms with E-state index in [4.69, 9.17) is 4.74 Å². The Kier molecular flexibility index (Phi) is 4.08. The Labute approximate surface area is 139 Å². The molecular weight excluding hydrogens is 286 g/mol. The SMILES string of the molecule is CC1(C)Cc2cccc(CN3CCC(N4CCNCC4)C3)c2O1. The molecule has 0 bridgehead atoms. The van der Waals surface area contributed by atoms with E-state index >= 15 is 0 Å². The molecule has 1 atom stereocenters. The maximum absolute atomic E-state index is 6.23. The van der Waals surface area contributed by atoms with Crippen LogP contribution in [0.4, 0.5) is 0 Å². The number of hydrogen-bond donors (Lipinski definition) is 1. The molecule has 3 aliphatic heterocycles. The average molecular weight is 315 g/mol. The number of ether oxygens (including phenoxy) is 1. The second kappa shape index (κ2) is 6.08. The van der Waals surface area contributed by atoms with E-state index in [1.165, 1.54) is 43.7 Å². The van der Waals surface area contributed by atoms with Gasteiger partial charge in [-0.3, -0.25) is 9.80 Å². The first-order chi connectivity index (χ1) is 11.1. The van der Waals surface area contributed by atoms with Gasteiger partial charge in [-0.25, -0.2) is 0 Å². The molecule has 0 aromatic heterocycles. The first-order valence-electron chi connectivity index (χ1n) is 9.08. The fraction of sp³-hybridized carbons (Fsp3) is 0.684. The van der Waals surface area contributed by atoms with E-state index in [0.717, 1.165) is 37.8 Å². The molecule has 126 valence electrons. The van der Waals surface area contributed by atoms with Gasteiger partial charge in [0, 0.05) is 63.8 Å². The van der Waals surface area contributed by atoms with Crippen LogP contribution >= 0.6 is 0 Å². The molecule has 1 aromatic carbocycles. The van der Waals surface area contributed by atoms with Gasteiger partial charge in [0.1, 0.15) is 11.4 Å². The molecule has 2 saturated heterocycles. The van der Waals surface area contributed by atoms with Crippen molar-refractivity contribution in [1.82, 2.24) is 15.1 Å². The molecule has 23 heavy (non-hydrogen) atoms. The Morgan fingerprint density at radius 1 is 1.22 bits per heavy atom. The molecule has 4 heteroatoms. The molecule has 0 saturated carbocycles. The molecule has 4 rings (SSSR count). The standard InChI is InChI=1S/C19H29N3O/c1-19(2)12-15-4-3-5-16(18(15)23-19)13-21-9-6-17(14-21)22-10-7-20-8-11-22/h3-5,17,20H,6-14H2,1-2H3. The van der Waals surface area contributed by atoms with Crippen molar-refractivity contribution in [2.24, 2.45) is 0 Å². The average Bonchev–Trinajstić information content (AvgIpc) is 3.11. The molecule has 1 unspecified atom stereocenters. The molecule has 3 heterocycles. The highest BCUT2D eigenvalue weighted by Crippen LogP contribution is 2.38. The zero-order valence-electron chi connectivity index (χ0n) is 14.5. The first kappa shape index (κ1) is 15.4. The number of piperazine rings is 1. The zero-order chi connectivity index (χ0) is 15.9. The summed E-state index contributed by atoms with van der Waals surface area (Å²) in [5.41, 5.74) is 2.70. The van der Waals surface area contributed by atoms with Crippen LogP contribution in [0, 0.1) is 0 Å². The Balaban J connectivity index is 1.41. The van der Waals surface area contributed by atoms with Crippen LogP contribution < -0.4 is 10.1 Å². The van der Waals surface area contributed by atoms with Gasteiger partial charge >= 0.3 is 0 Å². The minimum absolute atomic E-state index is 0.0488. The van der Waals surface area contributed by atoms with E-state index in [1.54, 1.807) is 0 Å². The molecule has 0 aliphatic carbocycles. The van der Waals surface area contributed by atoms with Crippen LogP contribution in [0.2, 0.25) is 0 Å². The van der Waals surface area contributed by atoms with Crippen LogP contribution in [0.5, 0.6) is 5.75 Å². The summed E-state index contributed by atoms with van der Waals surface area (Å²) < 4.78 is 6.23. The van der Waals surface area contributed by atoms with E-state index in [1.807, 2.05) is 0 Å². The number of hydrogen-bond acceptors (Lipinski definition) is 4. The lowest BCUT2D eigenvalue weighted by Crippen LogP contribution is -2.49. The van der Waals surface area contributed by atoms with Crippen molar-refractivity contribution >= 4 is 0 Å². The topological polar surface area (TPSA) is 27.7 Å². The molecule has 3 aliphatic rings. The smallest absolute Gasteiger partial charge is 0.127 e. The fourth-order valence-electron chi connectivity index (χ4n) is 4.35. The van der Waals surface area contributed by atoms with Crippen molar-refractivity contribution in [2.75, 3.05) is 39.3 Å². The lowest BCUT2D eigenvalue weighted by molar-refractivity contribution is 0.135. The number of likely N-dealkylation sites (tertiary alicyclic amines) is 1. The molecule has 1 N–H and O–H groups in total. The maximum Gasteiger partial charge on any atom is 0.127 e. The summed E-state index contributed by atoms with van der Waals surface area (Å²) in [6.45, 7) is 12.5.